The normalized spacial score (nSPS) is 11.8. The second-order valence-corrected chi connectivity index (χ2v) is 5.82. The number of carbonyl (C=O) groups excluding carboxylic acids is 1. The Balaban J connectivity index is 2.49. The highest BCUT2D eigenvalue weighted by molar-refractivity contribution is 7.90. The van der Waals surface area contributed by atoms with Gasteiger partial charge < -0.3 is 9.73 Å². The summed E-state index contributed by atoms with van der Waals surface area (Å²) in [4.78, 5) is 11.2. The largest absolute Gasteiger partial charge is 0.412 e. The van der Waals surface area contributed by atoms with Crippen LogP contribution >= 0.6 is 0 Å². The van der Waals surface area contributed by atoms with Crippen LogP contribution in [-0.2, 0) is 21.1 Å². The Morgan fingerprint density at radius 1 is 1.41 bits per heavy atom. The molecule has 1 rings (SSSR count). The average molecular weight is 261 g/mol. The molecule has 0 aromatic carbocycles. The van der Waals surface area contributed by atoms with Crippen LogP contribution in [0.2, 0.25) is 0 Å². The van der Waals surface area contributed by atoms with Crippen LogP contribution in [0, 0.1) is 5.92 Å². The summed E-state index contributed by atoms with van der Waals surface area (Å²) in [6.07, 6.45) is 1.30. The van der Waals surface area contributed by atoms with Gasteiger partial charge >= 0.3 is 5.22 Å². The number of amides is 1. The lowest BCUT2D eigenvalue weighted by atomic mass is 10.2. The van der Waals surface area contributed by atoms with Gasteiger partial charge in [0.2, 0.25) is 21.6 Å². The molecule has 0 aliphatic carbocycles. The van der Waals surface area contributed by atoms with Crippen molar-refractivity contribution in [1.29, 1.82) is 0 Å². The van der Waals surface area contributed by atoms with Gasteiger partial charge in [-0.1, -0.05) is 18.9 Å². The van der Waals surface area contributed by atoms with Crippen molar-refractivity contribution in [3.63, 3.8) is 0 Å². The van der Waals surface area contributed by atoms with Gasteiger partial charge in [0.1, 0.15) is 0 Å². The van der Waals surface area contributed by atoms with E-state index >= 15 is 0 Å². The standard InChI is InChI=1S/C9H15N3O4S/c1-6(2)8(13)10-5-4-7-11-12-9(16-7)17(3,14)15/h6H,4-5H2,1-3H3,(H,10,13). The van der Waals surface area contributed by atoms with E-state index in [4.69, 9.17) is 4.42 Å². The van der Waals surface area contributed by atoms with Crippen molar-refractivity contribution in [1.82, 2.24) is 15.5 Å². The van der Waals surface area contributed by atoms with Crippen LogP contribution < -0.4 is 5.32 Å². The summed E-state index contributed by atoms with van der Waals surface area (Å²) in [6.45, 7) is 3.90. The Kier molecular flexibility index (Phi) is 4.22. The lowest BCUT2D eigenvalue weighted by Gasteiger charge is -2.05. The highest BCUT2D eigenvalue weighted by Crippen LogP contribution is 2.06. The molecular formula is C9H15N3O4S. The summed E-state index contributed by atoms with van der Waals surface area (Å²) in [5, 5.41) is 9.24. The third-order valence-corrected chi connectivity index (χ3v) is 2.73. The molecule has 0 unspecified atom stereocenters. The van der Waals surface area contributed by atoms with Crippen LogP contribution in [0.25, 0.3) is 0 Å². The molecule has 1 N–H and O–H groups in total. The number of hydrogen-bond acceptors (Lipinski definition) is 6. The van der Waals surface area contributed by atoms with Gasteiger partial charge in [-0.3, -0.25) is 4.79 Å². The Bertz CT molecular complexity index is 492. The van der Waals surface area contributed by atoms with Crippen molar-refractivity contribution in [3.05, 3.63) is 5.89 Å². The molecule has 0 saturated heterocycles. The number of nitrogens with zero attached hydrogens (tertiary/aromatic N) is 2. The molecule has 1 aromatic heterocycles. The molecule has 8 heteroatoms. The number of nitrogens with one attached hydrogen (secondary N) is 1. The van der Waals surface area contributed by atoms with Gasteiger partial charge in [0.15, 0.2) is 0 Å². The molecule has 0 bridgehead atoms. The first-order valence-corrected chi connectivity index (χ1v) is 7.00. The van der Waals surface area contributed by atoms with Crippen molar-refractivity contribution in [2.45, 2.75) is 25.5 Å². The molecule has 7 nitrogen and oxygen atoms in total. The smallest absolute Gasteiger partial charge is 0.335 e. The van der Waals surface area contributed by atoms with E-state index in [1.54, 1.807) is 13.8 Å². The predicted octanol–water partition coefficient (Wildman–Crippen LogP) is -0.212. The molecule has 0 fully saturated rings. The van der Waals surface area contributed by atoms with E-state index in [-0.39, 0.29) is 17.7 Å². The summed E-state index contributed by atoms with van der Waals surface area (Å²) in [5.41, 5.74) is 0. The fraction of sp³-hybridized carbons (Fsp3) is 0.667. The lowest BCUT2D eigenvalue weighted by molar-refractivity contribution is -0.123. The van der Waals surface area contributed by atoms with E-state index in [9.17, 15) is 13.2 Å². The zero-order chi connectivity index (χ0) is 13.1. The number of aromatic nitrogens is 2. The first-order valence-electron chi connectivity index (χ1n) is 5.11. The first kappa shape index (κ1) is 13.6. The fourth-order valence-corrected chi connectivity index (χ4v) is 1.42. The molecule has 0 saturated carbocycles. The number of hydrogen-bond donors (Lipinski definition) is 1. The average Bonchev–Trinajstić information content (AvgIpc) is 2.65. The summed E-state index contributed by atoms with van der Waals surface area (Å²) < 4.78 is 27.0. The Hall–Kier alpha value is -1.44. The third-order valence-electron chi connectivity index (χ3n) is 1.93. The summed E-state index contributed by atoms with van der Waals surface area (Å²) in [7, 11) is -3.46. The second-order valence-electron chi connectivity index (χ2n) is 3.93. The minimum atomic E-state index is -3.46. The van der Waals surface area contributed by atoms with Crippen LogP contribution in [-0.4, -0.2) is 37.3 Å². The van der Waals surface area contributed by atoms with Crippen LogP contribution in [0.15, 0.2) is 9.64 Å². The van der Waals surface area contributed by atoms with Crippen LogP contribution in [0.3, 0.4) is 0 Å². The van der Waals surface area contributed by atoms with Gasteiger partial charge in [-0.25, -0.2) is 8.42 Å². The van der Waals surface area contributed by atoms with Gasteiger partial charge in [0, 0.05) is 25.1 Å². The van der Waals surface area contributed by atoms with E-state index < -0.39 is 15.1 Å². The van der Waals surface area contributed by atoms with Gasteiger partial charge in [-0.15, -0.1) is 5.10 Å². The molecule has 0 aliphatic rings. The molecule has 1 heterocycles. The zero-order valence-electron chi connectivity index (χ0n) is 9.93. The van der Waals surface area contributed by atoms with E-state index in [0.717, 1.165) is 6.26 Å². The minimum Gasteiger partial charge on any atom is -0.412 e. The van der Waals surface area contributed by atoms with Crippen molar-refractivity contribution in [2.75, 3.05) is 12.8 Å². The molecule has 0 atom stereocenters. The molecule has 17 heavy (non-hydrogen) atoms. The van der Waals surface area contributed by atoms with Gasteiger partial charge in [-0.2, -0.15) is 0 Å². The first-order chi connectivity index (χ1) is 7.80. The molecule has 0 aliphatic heterocycles. The number of sulfone groups is 1. The summed E-state index contributed by atoms with van der Waals surface area (Å²) in [6, 6.07) is 0. The molecule has 96 valence electrons. The highest BCUT2D eigenvalue weighted by Gasteiger charge is 2.16. The van der Waals surface area contributed by atoms with Crippen molar-refractivity contribution >= 4 is 15.7 Å². The molecule has 0 radical (unpaired) electrons. The summed E-state index contributed by atoms with van der Waals surface area (Å²) >= 11 is 0. The third kappa shape index (κ3) is 4.14. The zero-order valence-corrected chi connectivity index (χ0v) is 10.7. The van der Waals surface area contributed by atoms with Gasteiger partial charge in [0.05, 0.1) is 0 Å². The Labute approximate surface area is 99.5 Å². The number of rotatable bonds is 5. The maximum atomic E-state index is 11.2. The molecule has 1 amide bonds. The SMILES string of the molecule is CC(C)C(=O)NCCc1nnc(S(C)(=O)=O)o1. The topological polar surface area (TPSA) is 102 Å². The monoisotopic (exact) mass is 261 g/mol. The van der Waals surface area contributed by atoms with Gasteiger partial charge in [-0.05, 0) is 0 Å². The Morgan fingerprint density at radius 3 is 2.53 bits per heavy atom. The van der Waals surface area contributed by atoms with E-state index in [2.05, 4.69) is 15.5 Å². The van der Waals surface area contributed by atoms with E-state index in [0.29, 0.717) is 13.0 Å². The highest BCUT2D eigenvalue weighted by atomic mass is 32.2. The van der Waals surface area contributed by atoms with Crippen LogP contribution in [0.5, 0.6) is 0 Å². The van der Waals surface area contributed by atoms with Crippen molar-refractivity contribution in [2.24, 2.45) is 5.92 Å². The molecular weight excluding hydrogens is 246 g/mol. The Morgan fingerprint density at radius 2 is 2.06 bits per heavy atom. The van der Waals surface area contributed by atoms with Crippen LogP contribution in [0.1, 0.15) is 19.7 Å². The number of carbonyl (C=O) groups is 1. The molecule has 0 spiro atoms. The predicted molar refractivity (Wildman–Crippen MR) is 59.0 cm³/mol. The minimum absolute atomic E-state index is 0.0761. The van der Waals surface area contributed by atoms with Gasteiger partial charge in [0.25, 0.3) is 0 Å². The maximum Gasteiger partial charge on any atom is 0.335 e. The molecule has 1 aromatic rings. The van der Waals surface area contributed by atoms with Crippen LogP contribution in [0.4, 0.5) is 0 Å². The lowest BCUT2D eigenvalue weighted by Crippen LogP contribution is -2.29. The fourth-order valence-electron chi connectivity index (χ4n) is 0.986. The quantitative estimate of drug-likeness (QED) is 0.786. The summed E-state index contributed by atoms with van der Waals surface area (Å²) in [5.74, 6) is 0.0200. The van der Waals surface area contributed by atoms with Crippen molar-refractivity contribution in [3.8, 4) is 0 Å². The van der Waals surface area contributed by atoms with Crippen molar-refractivity contribution < 1.29 is 17.6 Å². The second kappa shape index (κ2) is 5.26. The maximum absolute atomic E-state index is 11.2. The van der Waals surface area contributed by atoms with E-state index in [1.165, 1.54) is 0 Å². The van der Waals surface area contributed by atoms with E-state index in [1.807, 2.05) is 0 Å².